The van der Waals surface area contributed by atoms with E-state index in [2.05, 4.69) is 320 Å². The minimum atomic E-state index is -0.550. The van der Waals surface area contributed by atoms with Gasteiger partial charge in [0.2, 0.25) is 0 Å². The van der Waals surface area contributed by atoms with Gasteiger partial charge in [0.25, 0.3) is 0 Å². The third-order valence-electron chi connectivity index (χ3n) is 16.7. The van der Waals surface area contributed by atoms with Crippen molar-refractivity contribution in [3.63, 3.8) is 0 Å². The molecule has 80 heavy (non-hydrogen) atoms. The van der Waals surface area contributed by atoms with Crippen LogP contribution in [0.15, 0.2) is 316 Å². The van der Waals surface area contributed by atoms with Gasteiger partial charge in [0.1, 0.15) is 6.20 Å². The molecule has 0 atom stereocenters. The largest absolute Gasteiger partial charge is 0.328 e. The van der Waals surface area contributed by atoms with Crippen LogP contribution in [0, 0.1) is 0 Å². The van der Waals surface area contributed by atoms with Crippen LogP contribution in [-0.4, -0.2) is 9.97 Å². The van der Waals surface area contributed by atoms with E-state index in [-0.39, 0.29) is 0 Å². The zero-order valence-electron chi connectivity index (χ0n) is 43.9. The number of hydrogen-bond donors (Lipinski definition) is 0. The summed E-state index contributed by atoms with van der Waals surface area (Å²) < 4.78 is 2.23. The minimum absolute atomic E-state index is 0.531. The van der Waals surface area contributed by atoms with Crippen molar-refractivity contribution in [3.05, 3.63) is 360 Å². The predicted octanol–water partition coefficient (Wildman–Crippen LogP) is 17.8. The quantitative estimate of drug-likeness (QED) is 0.128. The Morgan fingerprint density at radius 1 is 0.237 bits per heavy atom. The molecule has 2 aliphatic carbocycles. The van der Waals surface area contributed by atoms with Gasteiger partial charge in [-0.2, -0.15) is 0 Å². The number of pyridine rings is 3. The Kier molecular flexibility index (Phi) is 11.3. The number of benzene rings is 10. The maximum Gasteiger partial charge on any atom is 0.328 e. The Morgan fingerprint density at radius 3 is 1.14 bits per heavy atom. The van der Waals surface area contributed by atoms with Crippen LogP contribution in [0.3, 0.4) is 0 Å². The number of fused-ring (bicyclic) bond motifs is 6. The average Bonchev–Trinajstić information content (AvgIpc) is 4.18. The smallest absolute Gasteiger partial charge is 0.248 e. The fourth-order valence-corrected chi connectivity index (χ4v) is 13.2. The van der Waals surface area contributed by atoms with Crippen LogP contribution in [0.2, 0.25) is 0 Å². The van der Waals surface area contributed by atoms with Gasteiger partial charge in [0.05, 0.1) is 28.4 Å². The van der Waals surface area contributed by atoms with Crippen molar-refractivity contribution in [2.24, 2.45) is 0 Å². The van der Waals surface area contributed by atoms with Gasteiger partial charge in [-0.25, -0.2) is 9.55 Å². The lowest BCUT2D eigenvalue weighted by Gasteiger charge is -2.34. The molecule has 15 rings (SSSR count). The lowest BCUT2D eigenvalue weighted by atomic mass is 9.67. The summed E-state index contributed by atoms with van der Waals surface area (Å²) in [5.74, 6) is 0.832. The summed E-state index contributed by atoms with van der Waals surface area (Å²) in [5, 5.41) is 0. The molecule has 3 nitrogen and oxygen atoms in total. The zero-order valence-corrected chi connectivity index (χ0v) is 43.9. The lowest BCUT2D eigenvalue weighted by Crippen LogP contribution is -2.36. The molecule has 0 spiro atoms. The van der Waals surface area contributed by atoms with Crippen molar-refractivity contribution in [1.29, 1.82) is 0 Å². The monoisotopic (exact) mass is 1020 g/mol. The molecular formula is C77H52N3+. The minimum Gasteiger partial charge on any atom is -0.248 e. The molecule has 0 saturated heterocycles. The highest BCUT2D eigenvalue weighted by Gasteiger charge is 2.48. The second-order valence-corrected chi connectivity index (χ2v) is 21.0. The standard InChI is InChI=1S/C77H52N3/c1-7-24-53(25-8-1)72-48-58(49-74(78-72)57-42-43-66-64-38-19-21-40-68(64)76(70(66)47-57,60-30-11-3-12-31-60)61-32-13-4-14-33-61)55-28-23-29-56(46-55)59-50-73(54-26-9-2-10-27-54)79-75(51-59)80-45-44-67-65-39-20-22-41-69(65)77(71(67)52-80,62-34-15-5-16-35-62)63-36-17-6-18-37-63/h1-52H/q+1. The van der Waals surface area contributed by atoms with Gasteiger partial charge < -0.3 is 0 Å². The molecule has 2 aliphatic rings. The number of nitrogens with zero attached hydrogens (tertiary/aromatic N) is 3. The Balaban J connectivity index is 0.889. The van der Waals surface area contributed by atoms with E-state index < -0.39 is 10.8 Å². The first-order chi connectivity index (χ1) is 39.6. The van der Waals surface area contributed by atoms with Crippen LogP contribution in [-0.2, 0) is 10.8 Å². The predicted molar refractivity (Wildman–Crippen MR) is 325 cm³/mol. The molecule has 3 heteroatoms. The third-order valence-corrected chi connectivity index (χ3v) is 16.7. The van der Waals surface area contributed by atoms with Gasteiger partial charge in [-0.05, 0) is 125 Å². The normalized spacial score (nSPS) is 13.2. The SMILES string of the molecule is c1ccc(-c2cc(-c3cccc(-c4cc(-c5ccccc5)nc(-[n+]5ccc6c(c5)C(c5ccccc5)(c5ccccc5)c5ccccc5-6)c4)c3)cc(-c3ccc4c(c3)C(c3ccccc3)(c3ccccc3)c3ccccc3-4)n2)cc1. The lowest BCUT2D eigenvalue weighted by molar-refractivity contribution is -0.600. The van der Waals surface area contributed by atoms with Gasteiger partial charge >= 0.3 is 5.82 Å². The first-order valence-electron chi connectivity index (χ1n) is 27.5. The van der Waals surface area contributed by atoms with Crippen molar-refractivity contribution < 1.29 is 4.57 Å². The summed E-state index contributed by atoms with van der Waals surface area (Å²) in [6, 6.07) is 110. The first kappa shape index (κ1) is 46.9. The van der Waals surface area contributed by atoms with Crippen molar-refractivity contribution in [2.75, 3.05) is 0 Å². The highest BCUT2D eigenvalue weighted by Crippen LogP contribution is 2.58. The molecule has 0 amide bonds. The molecule has 0 bridgehead atoms. The molecule has 0 fully saturated rings. The van der Waals surface area contributed by atoms with Crippen LogP contribution in [0.5, 0.6) is 0 Å². The molecule has 10 aromatic carbocycles. The van der Waals surface area contributed by atoms with Gasteiger partial charge in [0.15, 0.2) is 5.69 Å². The van der Waals surface area contributed by atoms with E-state index >= 15 is 0 Å². The Bertz CT molecular complexity index is 4080. The van der Waals surface area contributed by atoms with E-state index in [4.69, 9.17) is 9.97 Å². The summed E-state index contributed by atoms with van der Waals surface area (Å²) in [5.41, 5.74) is 24.1. The first-order valence-corrected chi connectivity index (χ1v) is 27.5. The van der Waals surface area contributed by atoms with Crippen molar-refractivity contribution >= 4 is 0 Å². The van der Waals surface area contributed by atoms with Crippen LogP contribution in [0.25, 0.3) is 84.1 Å². The van der Waals surface area contributed by atoms with Crippen LogP contribution in [0.4, 0.5) is 0 Å². The van der Waals surface area contributed by atoms with Gasteiger partial charge in [0, 0.05) is 28.3 Å². The topological polar surface area (TPSA) is 29.7 Å². The number of rotatable bonds is 10. The van der Waals surface area contributed by atoms with Crippen LogP contribution >= 0.6 is 0 Å². The Morgan fingerprint density at radius 2 is 0.625 bits per heavy atom. The highest BCUT2D eigenvalue weighted by molar-refractivity contribution is 5.90. The van der Waals surface area contributed by atoms with Crippen molar-refractivity contribution in [2.45, 2.75) is 10.8 Å². The fourth-order valence-electron chi connectivity index (χ4n) is 13.2. The summed E-state index contributed by atoms with van der Waals surface area (Å²) in [6.07, 6.45) is 4.52. The molecule has 13 aromatic rings. The fraction of sp³-hybridized carbons (Fsp3) is 0.0260. The second-order valence-electron chi connectivity index (χ2n) is 21.0. The molecule has 0 radical (unpaired) electrons. The van der Waals surface area contributed by atoms with E-state index in [1.54, 1.807) is 0 Å². The highest BCUT2D eigenvalue weighted by atomic mass is 15.0. The number of aromatic nitrogens is 3. The van der Waals surface area contributed by atoms with Crippen molar-refractivity contribution in [1.82, 2.24) is 9.97 Å². The molecule has 0 unspecified atom stereocenters. The van der Waals surface area contributed by atoms with Gasteiger partial charge in [-0.1, -0.05) is 261 Å². The molecule has 0 saturated carbocycles. The summed E-state index contributed by atoms with van der Waals surface area (Å²) in [6.45, 7) is 0. The van der Waals surface area contributed by atoms with Crippen molar-refractivity contribution in [3.8, 4) is 84.1 Å². The zero-order chi connectivity index (χ0) is 53.0. The van der Waals surface area contributed by atoms with Crippen LogP contribution in [0.1, 0.15) is 44.5 Å². The third kappa shape index (κ3) is 7.54. The molecular weight excluding hydrogens is 967 g/mol. The average molecular weight is 1020 g/mol. The second kappa shape index (κ2) is 19.3. The molecule has 3 aromatic heterocycles. The summed E-state index contributed by atoms with van der Waals surface area (Å²) >= 11 is 0. The molecule has 0 aliphatic heterocycles. The maximum atomic E-state index is 5.51. The Hall–Kier alpha value is -10.4. The maximum absolute atomic E-state index is 5.51. The van der Waals surface area contributed by atoms with E-state index in [0.717, 1.165) is 61.8 Å². The summed E-state index contributed by atoms with van der Waals surface area (Å²) in [4.78, 5) is 11.0. The van der Waals surface area contributed by atoms with E-state index in [0.29, 0.717) is 0 Å². The number of hydrogen-bond acceptors (Lipinski definition) is 2. The molecule has 3 heterocycles. The van der Waals surface area contributed by atoms with Gasteiger partial charge in [-0.3, -0.25) is 0 Å². The Labute approximate surface area is 467 Å². The van der Waals surface area contributed by atoms with Crippen LogP contribution < -0.4 is 4.57 Å². The van der Waals surface area contributed by atoms with E-state index in [1.807, 2.05) is 0 Å². The van der Waals surface area contributed by atoms with E-state index in [9.17, 15) is 0 Å². The summed E-state index contributed by atoms with van der Waals surface area (Å²) in [7, 11) is 0. The van der Waals surface area contributed by atoms with E-state index in [1.165, 1.54) is 66.8 Å². The van der Waals surface area contributed by atoms with Gasteiger partial charge in [-0.15, -0.1) is 0 Å². The molecule has 374 valence electrons. The molecule has 0 N–H and O–H groups in total.